The van der Waals surface area contributed by atoms with Crippen LogP contribution in [0.25, 0.3) is 0 Å². The van der Waals surface area contributed by atoms with Crippen molar-refractivity contribution in [1.82, 2.24) is 10.3 Å². The highest BCUT2D eigenvalue weighted by Crippen LogP contribution is 2.14. The Balaban J connectivity index is 2.56. The highest BCUT2D eigenvalue weighted by Gasteiger charge is 2.12. The van der Waals surface area contributed by atoms with Crippen LogP contribution < -0.4 is 5.32 Å². The Bertz CT molecular complexity index is 311. The third kappa shape index (κ3) is 5.64. The molecule has 3 heteroatoms. The first-order chi connectivity index (χ1) is 8.15. The van der Waals surface area contributed by atoms with Gasteiger partial charge in [-0.1, -0.05) is 27.2 Å². The summed E-state index contributed by atoms with van der Waals surface area (Å²) in [6.45, 7) is 7.77. The predicted molar refractivity (Wildman–Crippen MR) is 77.2 cm³/mol. The molecule has 1 aromatic heterocycles. The fourth-order valence-electron chi connectivity index (χ4n) is 1.96. The summed E-state index contributed by atoms with van der Waals surface area (Å²) in [5, 5.41) is 3.56. The minimum absolute atomic E-state index is 0.545. The van der Waals surface area contributed by atoms with E-state index in [9.17, 15) is 0 Å². The van der Waals surface area contributed by atoms with E-state index in [1.54, 1.807) is 0 Å². The molecule has 0 spiro atoms. The van der Waals surface area contributed by atoms with E-state index in [4.69, 9.17) is 0 Å². The second kappa shape index (κ2) is 7.83. The van der Waals surface area contributed by atoms with Gasteiger partial charge in [0.05, 0.1) is 0 Å². The van der Waals surface area contributed by atoms with Crippen LogP contribution in [0.15, 0.2) is 22.8 Å². The summed E-state index contributed by atoms with van der Waals surface area (Å²) in [6.07, 6.45) is 5.37. The lowest BCUT2D eigenvalue weighted by Gasteiger charge is -2.20. The van der Waals surface area contributed by atoms with E-state index < -0.39 is 0 Å². The fourth-order valence-corrected chi connectivity index (χ4v) is 2.19. The largest absolute Gasteiger partial charge is 0.314 e. The van der Waals surface area contributed by atoms with Crippen LogP contribution in [-0.2, 0) is 6.42 Å². The van der Waals surface area contributed by atoms with Gasteiger partial charge in [-0.15, -0.1) is 0 Å². The molecule has 2 nitrogen and oxygen atoms in total. The van der Waals surface area contributed by atoms with Gasteiger partial charge in [0, 0.05) is 28.8 Å². The number of aromatic nitrogens is 1. The van der Waals surface area contributed by atoms with Crippen LogP contribution in [0.3, 0.4) is 0 Å². The van der Waals surface area contributed by atoms with E-state index >= 15 is 0 Å². The van der Waals surface area contributed by atoms with Gasteiger partial charge in [-0.25, -0.2) is 0 Å². The van der Waals surface area contributed by atoms with Gasteiger partial charge in [0.2, 0.25) is 0 Å². The van der Waals surface area contributed by atoms with Gasteiger partial charge in [-0.2, -0.15) is 0 Å². The Kier molecular flexibility index (Phi) is 6.75. The molecule has 2 atom stereocenters. The van der Waals surface area contributed by atoms with Gasteiger partial charge in [-0.3, -0.25) is 4.98 Å². The van der Waals surface area contributed by atoms with Gasteiger partial charge >= 0.3 is 0 Å². The van der Waals surface area contributed by atoms with Crippen LogP contribution in [0.2, 0.25) is 0 Å². The molecule has 0 aliphatic heterocycles. The molecule has 96 valence electrons. The third-order valence-corrected chi connectivity index (χ3v) is 3.59. The summed E-state index contributed by atoms with van der Waals surface area (Å²) >= 11 is 3.42. The smallest absolute Gasteiger partial charge is 0.0419 e. The Hall–Kier alpha value is -0.410. The molecule has 0 saturated heterocycles. The molecule has 1 N–H and O–H groups in total. The molecule has 0 aromatic carbocycles. The molecule has 1 aromatic rings. The van der Waals surface area contributed by atoms with Crippen molar-refractivity contribution in [3.8, 4) is 0 Å². The molecule has 1 heterocycles. The number of rotatable bonds is 7. The van der Waals surface area contributed by atoms with Gasteiger partial charge < -0.3 is 5.32 Å². The van der Waals surface area contributed by atoms with Crippen molar-refractivity contribution in [2.24, 2.45) is 5.92 Å². The summed E-state index contributed by atoms with van der Waals surface area (Å²) in [6, 6.07) is 4.71. The standard InChI is InChI=1S/C14H23BrN2/c1-4-11(3)8-14(16-5-2)9-13-7-6-12(15)10-17-13/h6-7,10-11,14,16H,4-5,8-9H2,1-3H3. The number of hydrogen-bond donors (Lipinski definition) is 1. The highest BCUT2D eigenvalue weighted by molar-refractivity contribution is 9.10. The molecule has 1 rings (SSSR count). The average molecular weight is 299 g/mol. The molecule has 17 heavy (non-hydrogen) atoms. The maximum Gasteiger partial charge on any atom is 0.0419 e. The van der Waals surface area contributed by atoms with Crippen LogP contribution >= 0.6 is 15.9 Å². The minimum atomic E-state index is 0.545. The first-order valence-corrected chi connectivity index (χ1v) is 7.28. The maximum atomic E-state index is 4.45. The van der Waals surface area contributed by atoms with E-state index in [0.717, 1.165) is 23.4 Å². The lowest BCUT2D eigenvalue weighted by molar-refractivity contribution is 0.395. The van der Waals surface area contributed by atoms with Crippen LogP contribution in [0.5, 0.6) is 0 Å². The SMILES string of the molecule is CCNC(Cc1ccc(Br)cn1)CC(C)CC. The molecular formula is C14H23BrN2. The van der Waals surface area contributed by atoms with E-state index in [-0.39, 0.29) is 0 Å². The number of likely N-dealkylation sites (N-methyl/N-ethyl adjacent to an activating group) is 1. The lowest BCUT2D eigenvalue weighted by Crippen LogP contribution is -2.32. The number of hydrogen-bond acceptors (Lipinski definition) is 2. The normalized spacial score (nSPS) is 14.6. The Morgan fingerprint density at radius 2 is 2.12 bits per heavy atom. The van der Waals surface area contributed by atoms with Crippen LogP contribution in [0.1, 0.15) is 39.3 Å². The summed E-state index contributed by atoms with van der Waals surface area (Å²) in [5.74, 6) is 0.773. The molecule has 0 fully saturated rings. The first kappa shape index (κ1) is 14.7. The Labute approximate surface area is 113 Å². The van der Waals surface area contributed by atoms with Crippen molar-refractivity contribution in [3.63, 3.8) is 0 Å². The molecule has 0 aliphatic carbocycles. The zero-order valence-electron chi connectivity index (χ0n) is 11.0. The number of pyridine rings is 1. The summed E-state index contributed by atoms with van der Waals surface area (Å²) in [7, 11) is 0. The van der Waals surface area contributed by atoms with E-state index in [1.807, 2.05) is 6.20 Å². The molecule has 0 radical (unpaired) electrons. The van der Waals surface area contributed by atoms with Gasteiger partial charge in [0.15, 0.2) is 0 Å². The van der Waals surface area contributed by atoms with Crippen molar-refractivity contribution in [3.05, 3.63) is 28.5 Å². The van der Waals surface area contributed by atoms with Crippen molar-refractivity contribution < 1.29 is 0 Å². The number of halogens is 1. The molecule has 2 unspecified atom stereocenters. The number of nitrogens with zero attached hydrogens (tertiary/aromatic N) is 1. The lowest BCUT2D eigenvalue weighted by atomic mass is 9.96. The van der Waals surface area contributed by atoms with Gasteiger partial charge in [0.25, 0.3) is 0 Å². The topological polar surface area (TPSA) is 24.9 Å². The van der Waals surface area contributed by atoms with Crippen molar-refractivity contribution in [2.75, 3.05) is 6.54 Å². The highest BCUT2D eigenvalue weighted by atomic mass is 79.9. The molecule has 0 bridgehead atoms. The summed E-state index contributed by atoms with van der Waals surface area (Å²) < 4.78 is 1.04. The second-order valence-corrected chi connectivity index (χ2v) is 5.59. The quantitative estimate of drug-likeness (QED) is 0.828. The van der Waals surface area contributed by atoms with Crippen molar-refractivity contribution in [1.29, 1.82) is 0 Å². The van der Waals surface area contributed by atoms with Gasteiger partial charge in [0.1, 0.15) is 0 Å². The van der Waals surface area contributed by atoms with Crippen LogP contribution in [0.4, 0.5) is 0 Å². The van der Waals surface area contributed by atoms with E-state index in [0.29, 0.717) is 6.04 Å². The molecule has 0 amide bonds. The van der Waals surface area contributed by atoms with E-state index in [1.165, 1.54) is 18.5 Å². The number of nitrogens with one attached hydrogen (secondary N) is 1. The average Bonchev–Trinajstić information content (AvgIpc) is 2.32. The minimum Gasteiger partial charge on any atom is -0.314 e. The Morgan fingerprint density at radius 1 is 1.35 bits per heavy atom. The first-order valence-electron chi connectivity index (χ1n) is 6.49. The summed E-state index contributed by atoms with van der Waals surface area (Å²) in [5.41, 5.74) is 1.17. The van der Waals surface area contributed by atoms with Crippen molar-refractivity contribution in [2.45, 2.75) is 46.1 Å². The molecule has 0 aliphatic rings. The van der Waals surface area contributed by atoms with Crippen LogP contribution in [0, 0.1) is 5.92 Å². The second-order valence-electron chi connectivity index (χ2n) is 4.68. The van der Waals surface area contributed by atoms with Gasteiger partial charge in [-0.05, 0) is 46.9 Å². The van der Waals surface area contributed by atoms with E-state index in [2.05, 4.69) is 59.1 Å². The summed E-state index contributed by atoms with van der Waals surface area (Å²) in [4.78, 5) is 4.45. The third-order valence-electron chi connectivity index (χ3n) is 3.12. The van der Waals surface area contributed by atoms with Crippen molar-refractivity contribution >= 4 is 15.9 Å². The molecular weight excluding hydrogens is 276 g/mol. The maximum absolute atomic E-state index is 4.45. The Morgan fingerprint density at radius 3 is 2.65 bits per heavy atom. The monoisotopic (exact) mass is 298 g/mol. The van der Waals surface area contributed by atoms with Crippen LogP contribution in [-0.4, -0.2) is 17.6 Å². The zero-order valence-corrected chi connectivity index (χ0v) is 12.6. The molecule has 0 saturated carbocycles. The zero-order chi connectivity index (χ0) is 12.7. The fraction of sp³-hybridized carbons (Fsp3) is 0.643. The predicted octanol–water partition coefficient (Wildman–Crippen LogP) is 3.80.